The fourth-order valence-electron chi connectivity index (χ4n) is 3.80. The van der Waals surface area contributed by atoms with Crippen LogP contribution >= 0.6 is 11.6 Å². The molecule has 4 aromatic rings. The fourth-order valence-corrected chi connectivity index (χ4v) is 3.98. The molecule has 0 fully saturated rings. The number of fused-ring (bicyclic) bond motifs is 1. The van der Waals surface area contributed by atoms with Crippen LogP contribution in [0.5, 0.6) is 5.75 Å². The summed E-state index contributed by atoms with van der Waals surface area (Å²) in [6.45, 7) is 0.331. The first-order valence-corrected chi connectivity index (χ1v) is 11.7. The van der Waals surface area contributed by atoms with E-state index in [0.717, 1.165) is 27.5 Å². The van der Waals surface area contributed by atoms with Gasteiger partial charge >= 0.3 is 0 Å². The Morgan fingerprint density at radius 2 is 1.69 bits per heavy atom. The monoisotopic (exact) mass is 500 g/mol. The molecule has 4 aromatic carbocycles. The summed E-state index contributed by atoms with van der Waals surface area (Å²) in [6, 6.07) is 24.7. The van der Waals surface area contributed by atoms with E-state index in [-0.39, 0.29) is 22.2 Å². The number of nitrogens with two attached hydrogens (primary N) is 1. The van der Waals surface area contributed by atoms with E-state index >= 15 is 0 Å². The van der Waals surface area contributed by atoms with Crippen molar-refractivity contribution in [3.8, 4) is 5.75 Å². The molecule has 0 radical (unpaired) electrons. The Morgan fingerprint density at radius 1 is 0.972 bits per heavy atom. The molecule has 0 saturated heterocycles. The highest BCUT2D eigenvalue weighted by Crippen LogP contribution is 2.24. The van der Waals surface area contributed by atoms with Gasteiger partial charge in [-0.3, -0.25) is 9.59 Å². The molecule has 0 aliphatic heterocycles. The van der Waals surface area contributed by atoms with Gasteiger partial charge in [-0.15, -0.1) is 0 Å². The second kappa shape index (κ2) is 11.5. The van der Waals surface area contributed by atoms with Crippen molar-refractivity contribution in [2.75, 3.05) is 0 Å². The molecule has 36 heavy (non-hydrogen) atoms. The average Bonchev–Trinajstić information content (AvgIpc) is 2.89. The lowest BCUT2D eigenvalue weighted by Crippen LogP contribution is -2.41. The Bertz CT molecular complexity index is 1420. The number of phenolic OH excluding ortho intramolecular Hbond substituents is 1. The molecule has 1 atom stereocenters. The lowest BCUT2D eigenvalue weighted by molar-refractivity contribution is -0.122. The number of hydrogen-bond acceptors (Lipinski definition) is 5. The van der Waals surface area contributed by atoms with Crippen molar-refractivity contribution in [1.29, 1.82) is 0 Å². The lowest BCUT2D eigenvalue weighted by Gasteiger charge is -2.14. The van der Waals surface area contributed by atoms with Gasteiger partial charge in [-0.2, -0.15) is 5.10 Å². The molecule has 2 amide bonds. The van der Waals surface area contributed by atoms with Crippen LogP contribution in [0.1, 0.15) is 27.0 Å². The highest BCUT2D eigenvalue weighted by Gasteiger charge is 2.14. The number of benzene rings is 4. The number of hydrogen-bond donors (Lipinski definition) is 4. The lowest BCUT2D eigenvalue weighted by atomic mass is 9.99. The first-order valence-electron chi connectivity index (χ1n) is 11.3. The standard InChI is InChI=1S/C28H25ClN4O3/c29-24-15-19(12-13-26(24)34)27(35)33-32-17-21-11-10-20(22-8-4-5-9-23(21)22)16-31-28(36)25(30)14-18-6-2-1-3-7-18/h1-13,15,17,25,34H,14,16,30H2,(H,31,36)(H,33,35)/b32-17+/t25-/m0/s1. The molecule has 0 spiro atoms. The zero-order valence-electron chi connectivity index (χ0n) is 19.3. The predicted molar refractivity (Wildman–Crippen MR) is 142 cm³/mol. The summed E-state index contributed by atoms with van der Waals surface area (Å²) in [4.78, 5) is 24.9. The smallest absolute Gasteiger partial charge is 0.271 e. The number of rotatable bonds is 8. The SMILES string of the molecule is N[C@@H](Cc1ccccc1)C(=O)NCc1ccc(/C=N/NC(=O)c2ccc(O)c(Cl)c2)c2ccccc12. The molecule has 0 unspecified atom stereocenters. The van der Waals surface area contributed by atoms with Gasteiger partial charge in [-0.25, -0.2) is 5.43 Å². The summed E-state index contributed by atoms with van der Waals surface area (Å²) < 4.78 is 0. The second-order valence-corrected chi connectivity index (χ2v) is 8.65. The van der Waals surface area contributed by atoms with E-state index in [1.807, 2.05) is 66.7 Å². The number of carbonyl (C=O) groups is 2. The highest BCUT2D eigenvalue weighted by molar-refractivity contribution is 6.32. The molecule has 0 aliphatic rings. The number of carbonyl (C=O) groups excluding carboxylic acids is 2. The summed E-state index contributed by atoms with van der Waals surface area (Å²) in [5.74, 6) is -0.771. The van der Waals surface area contributed by atoms with Crippen molar-refractivity contribution in [3.05, 3.63) is 112 Å². The predicted octanol–water partition coefficient (Wildman–Crippen LogP) is 4.15. The van der Waals surface area contributed by atoms with Crippen LogP contribution in [0.15, 0.2) is 90.0 Å². The van der Waals surface area contributed by atoms with Crippen LogP contribution in [-0.4, -0.2) is 29.2 Å². The molecule has 7 nitrogen and oxygen atoms in total. The molecular weight excluding hydrogens is 476 g/mol. The van der Waals surface area contributed by atoms with E-state index in [0.29, 0.717) is 13.0 Å². The van der Waals surface area contributed by atoms with Crippen LogP contribution in [0.25, 0.3) is 10.8 Å². The van der Waals surface area contributed by atoms with E-state index in [9.17, 15) is 14.7 Å². The number of halogens is 1. The third kappa shape index (κ3) is 6.07. The average molecular weight is 501 g/mol. The van der Waals surface area contributed by atoms with Gasteiger partial charge < -0.3 is 16.2 Å². The van der Waals surface area contributed by atoms with E-state index < -0.39 is 11.9 Å². The van der Waals surface area contributed by atoms with Gasteiger partial charge in [-0.05, 0) is 46.5 Å². The first kappa shape index (κ1) is 24.9. The maximum absolute atomic E-state index is 12.6. The van der Waals surface area contributed by atoms with Crippen molar-refractivity contribution in [3.63, 3.8) is 0 Å². The van der Waals surface area contributed by atoms with Gasteiger partial charge in [0.05, 0.1) is 17.3 Å². The van der Waals surface area contributed by atoms with Crippen molar-refractivity contribution in [2.24, 2.45) is 10.8 Å². The van der Waals surface area contributed by atoms with Crippen LogP contribution in [0.4, 0.5) is 0 Å². The number of nitrogens with one attached hydrogen (secondary N) is 2. The van der Waals surface area contributed by atoms with Crippen LogP contribution in [0.2, 0.25) is 5.02 Å². The van der Waals surface area contributed by atoms with Gasteiger partial charge in [0.2, 0.25) is 5.91 Å². The van der Waals surface area contributed by atoms with Crippen molar-refractivity contribution in [2.45, 2.75) is 19.0 Å². The van der Waals surface area contributed by atoms with Gasteiger partial charge in [0, 0.05) is 17.7 Å². The second-order valence-electron chi connectivity index (χ2n) is 8.24. The van der Waals surface area contributed by atoms with E-state index in [1.54, 1.807) is 6.21 Å². The third-order valence-corrected chi connectivity index (χ3v) is 6.02. The zero-order chi connectivity index (χ0) is 25.5. The summed E-state index contributed by atoms with van der Waals surface area (Å²) in [5.41, 5.74) is 11.6. The largest absolute Gasteiger partial charge is 0.506 e. The van der Waals surface area contributed by atoms with Gasteiger partial charge in [0.15, 0.2) is 0 Å². The summed E-state index contributed by atoms with van der Waals surface area (Å²) in [7, 11) is 0. The Kier molecular flexibility index (Phi) is 7.95. The van der Waals surface area contributed by atoms with Crippen LogP contribution in [-0.2, 0) is 17.8 Å². The normalized spacial score (nSPS) is 11.9. The minimum absolute atomic E-state index is 0.0846. The molecule has 0 aliphatic carbocycles. The number of aromatic hydroxyl groups is 1. The number of amides is 2. The number of nitrogens with zero attached hydrogens (tertiary/aromatic N) is 1. The Hall–Kier alpha value is -4.20. The number of hydrazone groups is 1. The maximum atomic E-state index is 12.6. The molecule has 4 rings (SSSR count). The fraction of sp³-hybridized carbons (Fsp3) is 0.107. The highest BCUT2D eigenvalue weighted by atomic mass is 35.5. The molecule has 0 aromatic heterocycles. The van der Waals surface area contributed by atoms with Crippen LogP contribution < -0.4 is 16.5 Å². The topological polar surface area (TPSA) is 117 Å². The van der Waals surface area contributed by atoms with Gasteiger partial charge in [-0.1, -0.05) is 78.3 Å². The molecule has 0 heterocycles. The Balaban J connectivity index is 1.43. The quantitative estimate of drug-likeness (QED) is 0.215. The van der Waals surface area contributed by atoms with E-state index in [1.165, 1.54) is 18.2 Å². The molecular formula is C28H25ClN4O3. The van der Waals surface area contributed by atoms with Crippen molar-refractivity contribution >= 4 is 40.4 Å². The van der Waals surface area contributed by atoms with Crippen LogP contribution in [0, 0.1) is 0 Å². The van der Waals surface area contributed by atoms with E-state index in [4.69, 9.17) is 17.3 Å². The Labute approximate surface area is 213 Å². The van der Waals surface area contributed by atoms with Gasteiger partial charge in [0.25, 0.3) is 5.91 Å². The molecule has 182 valence electrons. The summed E-state index contributed by atoms with van der Waals surface area (Å²) >= 11 is 5.87. The Morgan fingerprint density at radius 3 is 2.44 bits per heavy atom. The summed E-state index contributed by atoms with van der Waals surface area (Å²) in [5, 5.41) is 18.5. The van der Waals surface area contributed by atoms with Crippen molar-refractivity contribution < 1.29 is 14.7 Å². The van der Waals surface area contributed by atoms with Crippen LogP contribution in [0.3, 0.4) is 0 Å². The molecule has 0 bridgehead atoms. The minimum Gasteiger partial charge on any atom is -0.506 e. The molecule has 8 heteroatoms. The zero-order valence-corrected chi connectivity index (χ0v) is 20.1. The van der Waals surface area contributed by atoms with E-state index in [2.05, 4.69) is 15.8 Å². The van der Waals surface area contributed by atoms with Crippen molar-refractivity contribution in [1.82, 2.24) is 10.7 Å². The number of phenols is 1. The first-order chi connectivity index (χ1) is 17.4. The molecule has 5 N–H and O–H groups in total. The van der Waals surface area contributed by atoms with Gasteiger partial charge in [0.1, 0.15) is 5.75 Å². The minimum atomic E-state index is -0.642. The third-order valence-electron chi connectivity index (χ3n) is 5.72. The summed E-state index contributed by atoms with van der Waals surface area (Å²) in [6.07, 6.45) is 2.02. The molecule has 0 saturated carbocycles. The maximum Gasteiger partial charge on any atom is 0.271 e.